The number of hydrogen-bond acceptors (Lipinski definition) is 1. The first-order valence-electron chi connectivity index (χ1n) is 5.07. The van der Waals surface area contributed by atoms with E-state index in [9.17, 15) is 4.79 Å². The Hall–Kier alpha value is -0.570. The van der Waals surface area contributed by atoms with Crippen molar-refractivity contribution in [2.24, 2.45) is 5.41 Å². The molecule has 2 heterocycles. The number of rotatable bonds is 0. The summed E-state index contributed by atoms with van der Waals surface area (Å²) in [4.78, 5) is 11.8. The van der Waals surface area contributed by atoms with Gasteiger partial charge in [0.25, 0.3) is 0 Å². The molecule has 3 heteroatoms. The Morgan fingerprint density at radius 1 is 1.36 bits per heavy atom. The molecule has 0 atom stereocenters. The molecule has 0 radical (unpaired) electrons. The number of aromatic nitrogens is 1. The average Bonchev–Trinajstić information content (AvgIpc) is 2.82. The van der Waals surface area contributed by atoms with Crippen LogP contribution < -0.4 is 0 Å². The first-order chi connectivity index (χ1) is 6.69. The van der Waals surface area contributed by atoms with Gasteiger partial charge in [-0.25, -0.2) is 0 Å². The van der Waals surface area contributed by atoms with Crippen LogP contribution in [0, 0.1) is 5.41 Å². The van der Waals surface area contributed by atoms with Crippen molar-refractivity contribution in [1.29, 1.82) is 0 Å². The molecule has 1 spiro atoms. The van der Waals surface area contributed by atoms with Gasteiger partial charge in [-0.15, -0.1) is 0 Å². The van der Waals surface area contributed by atoms with Gasteiger partial charge in [-0.05, 0) is 46.7 Å². The maximum atomic E-state index is 11.8. The van der Waals surface area contributed by atoms with Crippen LogP contribution in [0.3, 0.4) is 0 Å². The maximum absolute atomic E-state index is 11.8. The SMILES string of the molecule is O=C1CCC2(CC2)Cn2cc(Br)cc21. The molecule has 1 aromatic rings. The monoisotopic (exact) mass is 253 g/mol. The van der Waals surface area contributed by atoms with Crippen LogP contribution in [0.2, 0.25) is 0 Å². The fraction of sp³-hybridized carbons (Fsp3) is 0.545. The van der Waals surface area contributed by atoms with Crippen molar-refractivity contribution in [3.05, 3.63) is 22.4 Å². The van der Waals surface area contributed by atoms with E-state index in [0.29, 0.717) is 11.2 Å². The van der Waals surface area contributed by atoms with Gasteiger partial charge in [0.15, 0.2) is 5.78 Å². The summed E-state index contributed by atoms with van der Waals surface area (Å²) < 4.78 is 3.16. The molecule has 14 heavy (non-hydrogen) atoms. The smallest absolute Gasteiger partial charge is 0.179 e. The number of halogens is 1. The van der Waals surface area contributed by atoms with Crippen molar-refractivity contribution in [2.45, 2.75) is 32.2 Å². The molecule has 0 aromatic carbocycles. The quantitative estimate of drug-likeness (QED) is 0.697. The third-order valence-corrected chi connectivity index (χ3v) is 3.93. The van der Waals surface area contributed by atoms with Gasteiger partial charge >= 0.3 is 0 Å². The van der Waals surface area contributed by atoms with E-state index in [1.165, 1.54) is 12.8 Å². The minimum absolute atomic E-state index is 0.305. The Morgan fingerprint density at radius 2 is 2.14 bits per heavy atom. The van der Waals surface area contributed by atoms with Crippen molar-refractivity contribution in [3.8, 4) is 0 Å². The molecule has 1 saturated carbocycles. The van der Waals surface area contributed by atoms with Gasteiger partial charge in [-0.1, -0.05) is 0 Å². The third-order valence-electron chi connectivity index (χ3n) is 3.49. The largest absolute Gasteiger partial charge is 0.343 e. The molecule has 1 aliphatic heterocycles. The number of hydrogen-bond donors (Lipinski definition) is 0. The van der Waals surface area contributed by atoms with Gasteiger partial charge in [-0.2, -0.15) is 0 Å². The van der Waals surface area contributed by atoms with E-state index < -0.39 is 0 Å². The lowest BCUT2D eigenvalue weighted by molar-refractivity contribution is 0.0973. The van der Waals surface area contributed by atoms with Crippen LogP contribution in [0.25, 0.3) is 0 Å². The van der Waals surface area contributed by atoms with Crippen molar-refractivity contribution in [1.82, 2.24) is 4.57 Å². The standard InChI is InChI=1S/C11H12BrNO/c12-8-5-9-10(14)1-2-11(3-4-11)7-13(9)6-8/h5-6H,1-4,7H2. The van der Waals surface area contributed by atoms with Crippen molar-refractivity contribution >= 4 is 21.7 Å². The Bertz CT molecular complexity index is 403. The number of nitrogens with zero attached hydrogens (tertiary/aromatic N) is 1. The van der Waals surface area contributed by atoms with Crippen LogP contribution in [0.15, 0.2) is 16.7 Å². The molecular weight excluding hydrogens is 242 g/mol. The zero-order chi connectivity index (χ0) is 9.76. The highest BCUT2D eigenvalue weighted by Crippen LogP contribution is 2.52. The lowest BCUT2D eigenvalue weighted by Crippen LogP contribution is -2.09. The second-order valence-electron chi connectivity index (χ2n) is 4.59. The van der Waals surface area contributed by atoms with Crippen LogP contribution in [-0.2, 0) is 6.54 Å². The molecule has 0 amide bonds. The number of carbonyl (C=O) groups excluding carboxylic acids is 1. The number of carbonyl (C=O) groups is 1. The molecule has 0 N–H and O–H groups in total. The minimum atomic E-state index is 0.305. The van der Waals surface area contributed by atoms with E-state index in [1.54, 1.807) is 0 Å². The van der Waals surface area contributed by atoms with Gasteiger partial charge in [-0.3, -0.25) is 4.79 Å². The maximum Gasteiger partial charge on any atom is 0.179 e. The van der Waals surface area contributed by atoms with Crippen molar-refractivity contribution in [3.63, 3.8) is 0 Å². The molecule has 1 fully saturated rings. The van der Waals surface area contributed by atoms with Crippen LogP contribution >= 0.6 is 15.9 Å². The summed E-state index contributed by atoms with van der Waals surface area (Å²) in [6.45, 7) is 1.04. The molecular formula is C11H12BrNO. The number of Topliss-reactive ketones (excluding diaryl/α,β-unsaturated/α-hetero) is 1. The summed E-state index contributed by atoms with van der Waals surface area (Å²) in [5.74, 6) is 0.305. The minimum Gasteiger partial charge on any atom is -0.343 e. The highest BCUT2D eigenvalue weighted by Gasteiger charge is 2.44. The van der Waals surface area contributed by atoms with Crippen molar-refractivity contribution in [2.75, 3.05) is 0 Å². The first-order valence-corrected chi connectivity index (χ1v) is 5.87. The van der Waals surface area contributed by atoms with Crippen LogP contribution in [0.5, 0.6) is 0 Å². The Balaban J connectivity index is 2.06. The Labute approximate surface area is 91.4 Å². The zero-order valence-corrected chi connectivity index (χ0v) is 9.51. The average molecular weight is 254 g/mol. The third kappa shape index (κ3) is 1.26. The van der Waals surface area contributed by atoms with Crippen LogP contribution in [0.1, 0.15) is 36.2 Å². The molecule has 2 nitrogen and oxygen atoms in total. The zero-order valence-electron chi connectivity index (χ0n) is 7.92. The fourth-order valence-corrected chi connectivity index (χ4v) is 2.84. The highest BCUT2D eigenvalue weighted by atomic mass is 79.9. The fourth-order valence-electron chi connectivity index (χ4n) is 2.37. The molecule has 0 unspecified atom stereocenters. The van der Waals surface area contributed by atoms with E-state index in [1.807, 2.05) is 12.3 Å². The summed E-state index contributed by atoms with van der Waals surface area (Å²) in [6.07, 6.45) is 6.46. The van der Waals surface area contributed by atoms with E-state index >= 15 is 0 Å². The topological polar surface area (TPSA) is 22.0 Å². The number of ketones is 1. The lowest BCUT2D eigenvalue weighted by Gasteiger charge is -2.11. The van der Waals surface area contributed by atoms with Gasteiger partial charge in [0.05, 0.1) is 5.69 Å². The summed E-state index contributed by atoms with van der Waals surface area (Å²) in [5, 5.41) is 0. The normalized spacial score (nSPS) is 23.4. The molecule has 2 aliphatic rings. The van der Waals surface area contributed by atoms with Crippen molar-refractivity contribution < 1.29 is 4.79 Å². The second-order valence-corrected chi connectivity index (χ2v) is 5.51. The van der Waals surface area contributed by atoms with Crippen LogP contribution in [-0.4, -0.2) is 10.4 Å². The summed E-state index contributed by atoms with van der Waals surface area (Å²) in [7, 11) is 0. The Kier molecular flexibility index (Phi) is 1.69. The molecule has 0 bridgehead atoms. The summed E-state index contributed by atoms with van der Waals surface area (Å²) in [6, 6.07) is 1.95. The Morgan fingerprint density at radius 3 is 2.86 bits per heavy atom. The predicted molar refractivity (Wildman–Crippen MR) is 57.4 cm³/mol. The van der Waals surface area contributed by atoms with Gasteiger partial charge in [0, 0.05) is 23.6 Å². The lowest BCUT2D eigenvalue weighted by atomic mass is 10.00. The summed E-state index contributed by atoms with van der Waals surface area (Å²) in [5.41, 5.74) is 1.36. The molecule has 74 valence electrons. The van der Waals surface area contributed by atoms with Gasteiger partial charge in [0.2, 0.25) is 0 Å². The van der Waals surface area contributed by atoms with E-state index in [0.717, 1.165) is 29.6 Å². The van der Waals surface area contributed by atoms with Gasteiger partial charge in [0.1, 0.15) is 0 Å². The molecule has 1 aliphatic carbocycles. The predicted octanol–water partition coefficient (Wildman–Crippen LogP) is 3.01. The molecule has 0 saturated heterocycles. The first kappa shape index (κ1) is 8.72. The van der Waals surface area contributed by atoms with Crippen LogP contribution in [0.4, 0.5) is 0 Å². The molecule has 3 rings (SSSR count). The van der Waals surface area contributed by atoms with Gasteiger partial charge < -0.3 is 4.57 Å². The summed E-state index contributed by atoms with van der Waals surface area (Å²) >= 11 is 3.43. The molecule has 1 aromatic heterocycles. The number of fused-ring (bicyclic) bond motifs is 1. The van der Waals surface area contributed by atoms with E-state index in [2.05, 4.69) is 20.5 Å². The van der Waals surface area contributed by atoms with E-state index in [-0.39, 0.29) is 0 Å². The second kappa shape index (κ2) is 2.72. The van der Waals surface area contributed by atoms with E-state index in [4.69, 9.17) is 0 Å². The highest BCUT2D eigenvalue weighted by molar-refractivity contribution is 9.10.